The van der Waals surface area contributed by atoms with Gasteiger partial charge >= 0.3 is 0 Å². The summed E-state index contributed by atoms with van der Waals surface area (Å²) < 4.78 is 6.06. The van der Waals surface area contributed by atoms with E-state index in [9.17, 15) is 4.79 Å². The van der Waals surface area contributed by atoms with Gasteiger partial charge in [-0.2, -0.15) is 0 Å². The van der Waals surface area contributed by atoms with Gasteiger partial charge in [-0.25, -0.2) is 0 Å². The fraction of sp³-hybridized carbons (Fsp3) is 0.545. The van der Waals surface area contributed by atoms with Crippen molar-refractivity contribution in [2.45, 2.75) is 46.5 Å². The number of carbonyl (C=O) groups excluding carboxylic acids is 1. The van der Waals surface area contributed by atoms with Crippen molar-refractivity contribution in [2.75, 3.05) is 32.0 Å². The molecule has 0 saturated carbocycles. The molecule has 2 aromatic rings. The summed E-state index contributed by atoms with van der Waals surface area (Å²) in [5, 5.41) is 0.819. The summed E-state index contributed by atoms with van der Waals surface area (Å²) in [5.41, 5.74) is 8.01. The van der Waals surface area contributed by atoms with Crippen LogP contribution < -0.4 is 10.5 Å². The number of rotatable bonds is 7. The summed E-state index contributed by atoms with van der Waals surface area (Å²) in [6, 6.07) is 7.59. The third-order valence-electron chi connectivity index (χ3n) is 5.40. The van der Waals surface area contributed by atoms with Crippen molar-refractivity contribution in [1.82, 2.24) is 9.88 Å². The first-order valence-corrected chi connectivity index (χ1v) is 9.91. The number of likely N-dealkylation sites (tertiary alicyclic amines) is 1. The minimum absolute atomic E-state index is 0.246. The Morgan fingerprint density at radius 1 is 1.26 bits per heavy atom. The van der Waals surface area contributed by atoms with E-state index in [0.29, 0.717) is 24.5 Å². The molecule has 3 rings (SSSR count). The standard InChI is InChI=1S/C22H31N3O2/c1-16-14-17(23)21-18(24-16)8-7-9-19(21)27-15-22(2,3)20(26)10-13-25-11-5-4-6-12-25/h7-9,14H,4-6,10-13,15H2,1-3H3,(H2,23,24). The van der Waals surface area contributed by atoms with Gasteiger partial charge in [0.1, 0.15) is 18.1 Å². The molecule has 2 heterocycles. The molecule has 0 spiro atoms. The van der Waals surface area contributed by atoms with Crippen LogP contribution in [0.3, 0.4) is 0 Å². The van der Waals surface area contributed by atoms with Gasteiger partial charge in [-0.05, 0) is 64.9 Å². The summed E-state index contributed by atoms with van der Waals surface area (Å²) in [4.78, 5) is 19.7. The van der Waals surface area contributed by atoms with E-state index in [1.54, 1.807) is 0 Å². The minimum Gasteiger partial charge on any atom is -0.492 e. The molecule has 0 atom stereocenters. The van der Waals surface area contributed by atoms with E-state index >= 15 is 0 Å². The van der Waals surface area contributed by atoms with Crippen LogP contribution >= 0.6 is 0 Å². The lowest BCUT2D eigenvalue weighted by Crippen LogP contribution is -2.36. The number of ether oxygens (including phenoxy) is 1. The molecule has 27 heavy (non-hydrogen) atoms. The maximum atomic E-state index is 12.8. The lowest BCUT2D eigenvalue weighted by atomic mass is 9.87. The third-order valence-corrected chi connectivity index (χ3v) is 5.40. The largest absolute Gasteiger partial charge is 0.492 e. The SMILES string of the molecule is Cc1cc(N)c2c(OCC(C)(C)C(=O)CCN3CCCCC3)cccc2n1. The number of benzene rings is 1. The predicted octanol–water partition coefficient (Wildman–Crippen LogP) is 3.98. The van der Waals surface area contributed by atoms with Gasteiger partial charge in [-0.15, -0.1) is 0 Å². The Kier molecular flexibility index (Phi) is 6.00. The Labute approximate surface area is 161 Å². The molecule has 1 aliphatic heterocycles. The van der Waals surface area contributed by atoms with Crippen molar-refractivity contribution in [1.29, 1.82) is 0 Å². The van der Waals surface area contributed by atoms with Crippen molar-refractivity contribution >= 4 is 22.4 Å². The lowest BCUT2D eigenvalue weighted by Gasteiger charge is -2.28. The number of carbonyl (C=O) groups is 1. The molecule has 0 aliphatic carbocycles. The number of hydrogen-bond donors (Lipinski definition) is 1. The number of nitrogens with zero attached hydrogens (tertiary/aromatic N) is 2. The van der Waals surface area contributed by atoms with E-state index in [1.807, 2.05) is 45.0 Å². The van der Waals surface area contributed by atoms with Gasteiger partial charge in [-0.3, -0.25) is 9.78 Å². The second kappa shape index (κ2) is 8.26. The monoisotopic (exact) mass is 369 g/mol. The van der Waals surface area contributed by atoms with E-state index < -0.39 is 5.41 Å². The van der Waals surface area contributed by atoms with Gasteiger partial charge in [0, 0.05) is 24.3 Å². The van der Waals surface area contributed by atoms with Crippen molar-refractivity contribution in [3.63, 3.8) is 0 Å². The summed E-state index contributed by atoms with van der Waals surface area (Å²) in [6.45, 7) is 9.26. The molecular formula is C22H31N3O2. The number of hydrogen-bond acceptors (Lipinski definition) is 5. The highest BCUT2D eigenvalue weighted by atomic mass is 16.5. The van der Waals surface area contributed by atoms with Crippen LogP contribution in [-0.4, -0.2) is 41.9 Å². The zero-order valence-electron chi connectivity index (χ0n) is 16.8. The normalized spacial score (nSPS) is 15.8. The summed E-state index contributed by atoms with van der Waals surface area (Å²) >= 11 is 0. The van der Waals surface area contributed by atoms with Crippen LogP contribution in [0.5, 0.6) is 5.75 Å². The topological polar surface area (TPSA) is 68.5 Å². The van der Waals surface area contributed by atoms with Gasteiger partial charge in [-0.1, -0.05) is 12.5 Å². The quantitative estimate of drug-likeness (QED) is 0.800. The average Bonchev–Trinajstić information content (AvgIpc) is 2.64. The van der Waals surface area contributed by atoms with Crippen LogP contribution in [0.1, 0.15) is 45.2 Å². The first kappa shape index (κ1) is 19.6. The van der Waals surface area contributed by atoms with Crippen molar-refractivity contribution in [3.8, 4) is 5.75 Å². The second-order valence-corrected chi connectivity index (χ2v) is 8.25. The molecule has 0 radical (unpaired) electrons. The van der Waals surface area contributed by atoms with E-state index in [1.165, 1.54) is 19.3 Å². The zero-order valence-corrected chi connectivity index (χ0v) is 16.8. The molecule has 5 nitrogen and oxygen atoms in total. The number of aryl methyl sites for hydroxylation is 1. The van der Waals surface area contributed by atoms with E-state index in [4.69, 9.17) is 10.5 Å². The molecule has 1 saturated heterocycles. The Morgan fingerprint density at radius 3 is 2.74 bits per heavy atom. The molecule has 1 fully saturated rings. The highest BCUT2D eigenvalue weighted by Gasteiger charge is 2.29. The van der Waals surface area contributed by atoms with Crippen molar-refractivity contribution < 1.29 is 9.53 Å². The molecule has 1 aromatic heterocycles. The number of ketones is 1. The Bertz CT molecular complexity index is 811. The van der Waals surface area contributed by atoms with Crippen LogP contribution in [-0.2, 0) is 4.79 Å². The van der Waals surface area contributed by atoms with Gasteiger partial charge in [0.2, 0.25) is 0 Å². The Balaban J connectivity index is 1.64. The lowest BCUT2D eigenvalue weighted by molar-refractivity contribution is -0.128. The number of fused-ring (bicyclic) bond motifs is 1. The van der Waals surface area contributed by atoms with Crippen molar-refractivity contribution in [2.24, 2.45) is 5.41 Å². The Morgan fingerprint density at radius 2 is 2.00 bits per heavy atom. The summed E-state index contributed by atoms with van der Waals surface area (Å²) in [5.74, 6) is 0.935. The summed E-state index contributed by atoms with van der Waals surface area (Å²) in [7, 11) is 0. The maximum Gasteiger partial charge on any atom is 0.143 e. The molecule has 1 aliphatic rings. The molecule has 5 heteroatoms. The van der Waals surface area contributed by atoms with Crippen LogP contribution in [0.4, 0.5) is 5.69 Å². The summed E-state index contributed by atoms with van der Waals surface area (Å²) in [6.07, 6.45) is 4.38. The second-order valence-electron chi connectivity index (χ2n) is 8.25. The van der Waals surface area contributed by atoms with Gasteiger partial charge < -0.3 is 15.4 Å². The average molecular weight is 370 g/mol. The first-order chi connectivity index (χ1) is 12.9. The predicted molar refractivity (Wildman–Crippen MR) is 110 cm³/mol. The number of piperidine rings is 1. The van der Waals surface area contributed by atoms with E-state index in [-0.39, 0.29) is 5.78 Å². The molecule has 0 bridgehead atoms. The number of anilines is 1. The van der Waals surface area contributed by atoms with Crippen LogP contribution in [0.25, 0.3) is 10.9 Å². The van der Waals surface area contributed by atoms with Gasteiger partial charge in [0.25, 0.3) is 0 Å². The number of Topliss-reactive ketones (excluding diaryl/α,β-unsaturated/α-hetero) is 1. The van der Waals surface area contributed by atoms with Crippen LogP contribution in [0, 0.1) is 12.3 Å². The van der Waals surface area contributed by atoms with Crippen LogP contribution in [0.15, 0.2) is 24.3 Å². The highest BCUT2D eigenvalue weighted by molar-refractivity contribution is 5.95. The minimum atomic E-state index is -0.537. The number of nitrogens with two attached hydrogens (primary N) is 1. The van der Waals surface area contributed by atoms with Crippen molar-refractivity contribution in [3.05, 3.63) is 30.0 Å². The molecule has 0 amide bonds. The van der Waals surface area contributed by atoms with Gasteiger partial charge in [0.15, 0.2) is 0 Å². The molecule has 146 valence electrons. The molecular weight excluding hydrogens is 338 g/mol. The fourth-order valence-corrected chi connectivity index (χ4v) is 3.66. The maximum absolute atomic E-state index is 12.8. The smallest absolute Gasteiger partial charge is 0.143 e. The fourth-order valence-electron chi connectivity index (χ4n) is 3.66. The number of aromatic nitrogens is 1. The number of pyridine rings is 1. The molecule has 0 unspecified atom stereocenters. The van der Waals surface area contributed by atoms with E-state index in [0.717, 1.165) is 36.2 Å². The van der Waals surface area contributed by atoms with Crippen LogP contribution in [0.2, 0.25) is 0 Å². The van der Waals surface area contributed by atoms with E-state index in [2.05, 4.69) is 9.88 Å². The number of nitrogen functional groups attached to an aromatic ring is 1. The molecule has 2 N–H and O–H groups in total. The highest BCUT2D eigenvalue weighted by Crippen LogP contribution is 2.32. The Hall–Kier alpha value is -2.14. The zero-order chi connectivity index (χ0) is 19.4. The molecule has 1 aromatic carbocycles. The first-order valence-electron chi connectivity index (χ1n) is 9.91. The third kappa shape index (κ3) is 4.78. The van der Waals surface area contributed by atoms with Gasteiger partial charge in [0.05, 0.1) is 16.3 Å².